The van der Waals surface area contributed by atoms with Gasteiger partial charge in [-0.1, -0.05) is 30.3 Å². The molecule has 1 aromatic rings. The number of rotatable bonds is 4. The minimum Gasteiger partial charge on any atom is -0.478 e. The Morgan fingerprint density at radius 3 is 2.44 bits per heavy atom. The van der Waals surface area contributed by atoms with Crippen LogP contribution in [-0.4, -0.2) is 47.1 Å². The summed E-state index contributed by atoms with van der Waals surface area (Å²) in [7, 11) is 0. The van der Waals surface area contributed by atoms with E-state index >= 15 is 0 Å². The molecule has 0 amide bonds. The number of benzene rings is 1. The molecule has 96 valence electrons. The van der Waals surface area contributed by atoms with Gasteiger partial charge in [-0.05, 0) is 5.56 Å². The second-order valence-corrected chi connectivity index (χ2v) is 4.45. The molecule has 4 nitrogen and oxygen atoms in total. The number of piperazine rings is 1. The van der Waals surface area contributed by atoms with Crippen LogP contribution in [-0.2, 0) is 11.3 Å². The summed E-state index contributed by atoms with van der Waals surface area (Å²) in [6, 6.07) is 10.4. The molecule has 1 aromatic carbocycles. The first kappa shape index (κ1) is 12.6. The van der Waals surface area contributed by atoms with Crippen molar-refractivity contribution >= 4 is 5.97 Å². The highest BCUT2D eigenvalue weighted by molar-refractivity contribution is 5.79. The zero-order chi connectivity index (χ0) is 12.8. The Morgan fingerprint density at radius 2 is 1.83 bits per heavy atom. The van der Waals surface area contributed by atoms with E-state index in [9.17, 15) is 4.79 Å². The second-order valence-electron chi connectivity index (χ2n) is 4.45. The Kier molecular flexibility index (Phi) is 4.36. The van der Waals surface area contributed by atoms with E-state index < -0.39 is 5.97 Å². The predicted molar refractivity (Wildman–Crippen MR) is 70.1 cm³/mol. The molecule has 2 rings (SSSR count). The minimum atomic E-state index is -0.887. The van der Waals surface area contributed by atoms with E-state index in [1.807, 2.05) is 6.07 Å². The minimum absolute atomic E-state index is 0.886. The monoisotopic (exact) mass is 246 g/mol. The molecule has 1 heterocycles. The van der Waals surface area contributed by atoms with Crippen molar-refractivity contribution in [3.8, 4) is 0 Å². The quantitative estimate of drug-likeness (QED) is 0.816. The highest BCUT2D eigenvalue weighted by Gasteiger charge is 2.14. The average molecular weight is 246 g/mol. The maximum absolute atomic E-state index is 10.4. The third-order valence-electron chi connectivity index (χ3n) is 3.08. The Bertz CT molecular complexity index is 409. The third kappa shape index (κ3) is 3.89. The van der Waals surface area contributed by atoms with Gasteiger partial charge in [-0.2, -0.15) is 0 Å². The van der Waals surface area contributed by atoms with Gasteiger partial charge in [-0.25, -0.2) is 4.79 Å². The summed E-state index contributed by atoms with van der Waals surface area (Å²) in [4.78, 5) is 14.9. The van der Waals surface area contributed by atoms with E-state index in [4.69, 9.17) is 5.11 Å². The van der Waals surface area contributed by atoms with Gasteiger partial charge in [0.1, 0.15) is 0 Å². The van der Waals surface area contributed by atoms with Gasteiger partial charge in [0, 0.05) is 45.0 Å². The van der Waals surface area contributed by atoms with Crippen molar-refractivity contribution in [2.45, 2.75) is 6.54 Å². The fraction of sp³-hybridized carbons (Fsp3) is 0.357. The first-order chi connectivity index (χ1) is 8.74. The van der Waals surface area contributed by atoms with Gasteiger partial charge in [0.25, 0.3) is 0 Å². The van der Waals surface area contributed by atoms with Crippen LogP contribution in [0.2, 0.25) is 0 Å². The van der Waals surface area contributed by atoms with Crippen LogP contribution in [0.25, 0.3) is 0 Å². The molecule has 0 aromatic heterocycles. The van der Waals surface area contributed by atoms with Crippen LogP contribution in [0.1, 0.15) is 5.56 Å². The standard InChI is InChI=1S/C14H18N2O2/c17-14(18)6-7-15-8-10-16(11-9-15)12-13-4-2-1-3-5-13/h1-7H,8-12H2,(H,17,18). The largest absolute Gasteiger partial charge is 0.478 e. The van der Waals surface area contributed by atoms with Crippen LogP contribution in [0.3, 0.4) is 0 Å². The molecule has 1 fully saturated rings. The molecule has 1 aliphatic heterocycles. The van der Waals surface area contributed by atoms with E-state index in [2.05, 4.69) is 34.1 Å². The lowest BCUT2D eigenvalue weighted by Gasteiger charge is -2.34. The molecule has 0 radical (unpaired) electrons. The van der Waals surface area contributed by atoms with Crippen molar-refractivity contribution in [1.82, 2.24) is 9.80 Å². The van der Waals surface area contributed by atoms with Crippen LogP contribution < -0.4 is 0 Å². The fourth-order valence-corrected chi connectivity index (χ4v) is 2.08. The number of hydrogen-bond acceptors (Lipinski definition) is 3. The smallest absolute Gasteiger partial charge is 0.329 e. The van der Waals surface area contributed by atoms with Gasteiger partial charge in [-0.3, -0.25) is 4.90 Å². The Morgan fingerprint density at radius 1 is 1.17 bits per heavy atom. The van der Waals surface area contributed by atoms with E-state index in [-0.39, 0.29) is 0 Å². The SMILES string of the molecule is O=C(O)C=CN1CCN(Cc2ccccc2)CC1. The summed E-state index contributed by atoms with van der Waals surface area (Å²) in [5.74, 6) is -0.887. The van der Waals surface area contributed by atoms with E-state index in [0.717, 1.165) is 32.7 Å². The van der Waals surface area contributed by atoms with Gasteiger partial charge < -0.3 is 10.0 Å². The summed E-state index contributed by atoms with van der Waals surface area (Å²) in [6.45, 7) is 4.68. The normalized spacial score (nSPS) is 17.2. The number of hydrogen-bond donors (Lipinski definition) is 1. The highest BCUT2D eigenvalue weighted by atomic mass is 16.4. The second kappa shape index (κ2) is 6.21. The van der Waals surface area contributed by atoms with Gasteiger partial charge in [0.05, 0.1) is 0 Å². The number of carboxylic acids is 1. The maximum atomic E-state index is 10.4. The van der Waals surface area contributed by atoms with Gasteiger partial charge in [-0.15, -0.1) is 0 Å². The van der Waals surface area contributed by atoms with Gasteiger partial charge in [0.2, 0.25) is 0 Å². The molecular formula is C14H18N2O2. The molecule has 0 bridgehead atoms. The van der Waals surface area contributed by atoms with Gasteiger partial charge >= 0.3 is 5.97 Å². The fourth-order valence-electron chi connectivity index (χ4n) is 2.08. The Hall–Kier alpha value is -1.81. The molecule has 1 saturated heterocycles. The van der Waals surface area contributed by atoms with Crippen LogP contribution in [0.4, 0.5) is 0 Å². The van der Waals surface area contributed by atoms with Crippen LogP contribution in [0.5, 0.6) is 0 Å². The summed E-state index contributed by atoms with van der Waals surface area (Å²) >= 11 is 0. The first-order valence-electron chi connectivity index (χ1n) is 6.15. The molecule has 1 aliphatic rings. The summed E-state index contributed by atoms with van der Waals surface area (Å²) in [5, 5.41) is 8.57. The lowest BCUT2D eigenvalue weighted by Crippen LogP contribution is -2.43. The lowest BCUT2D eigenvalue weighted by atomic mass is 10.2. The van der Waals surface area contributed by atoms with E-state index in [1.54, 1.807) is 6.20 Å². The van der Waals surface area contributed by atoms with E-state index in [0.29, 0.717) is 0 Å². The topological polar surface area (TPSA) is 43.8 Å². The number of aliphatic carboxylic acids is 1. The number of nitrogens with zero attached hydrogens (tertiary/aromatic N) is 2. The average Bonchev–Trinajstić information content (AvgIpc) is 2.39. The zero-order valence-corrected chi connectivity index (χ0v) is 10.3. The molecule has 0 saturated carbocycles. The maximum Gasteiger partial charge on any atom is 0.329 e. The van der Waals surface area contributed by atoms with Crippen LogP contribution in [0, 0.1) is 0 Å². The molecular weight excluding hydrogens is 228 g/mol. The van der Waals surface area contributed by atoms with Crippen molar-refractivity contribution in [2.75, 3.05) is 26.2 Å². The van der Waals surface area contributed by atoms with Crippen molar-refractivity contribution in [1.29, 1.82) is 0 Å². The van der Waals surface area contributed by atoms with Gasteiger partial charge in [0.15, 0.2) is 0 Å². The molecule has 0 unspecified atom stereocenters. The Labute approximate surface area is 107 Å². The predicted octanol–water partition coefficient (Wildman–Crippen LogP) is 1.40. The molecule has 18 heavy (non-hydrogen) atoms. The number of carboxylic acid groups (broad SMARTS) is 1. The summed E-state index contributed by atoms with van der Waals surface area (Å²) < 4.78 is 0. The highest BCUT2D eigenvalue weighted by Crippen LogP contribution is 2.08. The molecule has 1 N–H and O–H groups in total. The van der Waals surface area contributed by atoms with Crippen molar-refractivity contribution < 1.29 is 9.90 Å². The summed E-state index contributed by atoms with van der Waals surface area (Å²) in [5.41, 5.74) is 1.33. The van der Waals surface area contributed by atoms with E-state index in [1.165, 1.54) is 11.6 Å². The molecule has 4 heteroatoms. The molecule has 0 atom stereocenters. The third-order valence-corrected chi connectivity index (χ3v) is 3.08. The van der Waals surface area contributed by atoms with Crippen LogP contribution in [0.15, 0.2) is 42.6 Å². The summed E-state index contributed by atoms with van der Waals surface area (Å²) in [6.07, 6.45) is 2.87. The molecule has 0 spiro atoms. The van der Waals surface area contributed by atoms with Crippen LogP contribution >= 0.6 is 0 Å². The molecule has 0 aliphatic carbocycles. The van der Waals surface area contributed by atoms with Crippen molar-refractivity contribution in [3.63, 3.8) is 0 Å². The first-order valence-corrected chi connectivity index (χ1v) is 6.15. The lowest BCUT2D eigenvalue weighted by molar-refractivity contribution is -0.131. The Balaban J connectivity index is 1.78. The van der Waals surface area contributed by atoms with Crippen molar-refractivity contribution in [3.05, 3.63) is 48.2 Å². The van der Waals surface area contributed by atoms with Crippen molar-refractivity contribution in [2.24, 2.45) is 0 Å². The number of carbonyl (C=O) groups is 1. The zero-order valence-electron chi connectivity index (χ0n) is 10.3.